The Morgan fingerprint density at radius 1 is 1.12 bits per heavy atom. The van der Waals surface area contributed by atoms with Gasteiger partial charge in [-0.1, -0.05) is 0 Å². The van der Waals surface area contributed by atoms with Crippen LogP contribution in [0.3, 0.4) is 0 Å². The number of hydrogen-bond donors (Lipinski definition) is 0. The molecule has 7 nitrogen and oxygen atoms in total. The molecule has 3 aromatic rings. The van der Waals surface area contributed by atoms with Crippen LogP contribution in [0.4, 0.5) is 5.95 Å². The lowest BCUT2D eigenvalue weighted by atomic mass is 9.91. The predicted octanol–water partition coefficient (Wildman–Crippen LogP) is 5.14. The van der Waals surface area contributed by atoms with Crippen LogP contribution in [0.1, 0.15) is 43.6 Å². The largest absolute Gasteiger partial charge is 0.461 e. The molecule has 0 bridgehead atoms. The van der Waals surface area contributed by atoms with E-state index in [4.69, 9.17) is 8.83 Å². The number of hydrogen-bond acceptors (Lipinski definition) is 8. The number of allylic oxidation sites excluding steroid dienone is 1. The summed E-state index contributed by atoms with van der Waals surface area (Å²) in [6.45, 7) is 1.83. The molecule has 0 unspecified atom stereocenters. The van der Waals surface area contributed by atoms with Gasteiger partial charge in [0.1, 0.15) is 5.76 Å². The lowest BCUT2D eigenvalue weighted by Gasteiger charge is -2.32. The van der Waals surface area contributed by atoms with Crippen LogP contribution in [0.2, 0.25) is 0 Å². The number of carbonyl (C=O) groups is 2. The average Bonchev–Trinajstić information content (AvgIpc) is 3.57. The maximum atomic E-state index is 11.9. The van der Waals surface area contributed by atoms with Crippen LogP contribution in [0.5, 0.6) is 0 Å². The van der Waals surface area contributed by atoms with E-state index in [2.05, 4.69) is 14.9 Å². The summed E-state index contributed by atoms with van der Waals surface area (Å²) in [7, 11) is 0. The van der Waals surface area contributed by atoms with Crippen molar-refractivity contribution in [3.05, 3.63) is 59.2 Å². The van der Waals surface area contributed by atoms with Gasteiger partial charge in [-0.15, -0.1) is 0 Å². The fraction of sp³-hybridized carbons (Fsp3) is 0.360. The molecular formula is C25H25N3O4S. The van der Waals surface area contributed by atoms with Crippen molar-refractivity contribution in [3.63, 3.8) is 0 Å². The highest BCUT2D eigenvalue weighted by molar-refractivity contribution is 8.18. The van der Waals surface area contributed by atoms with E-state index < -0.39 is 0 Å². The van der Waals surface area contributed by atoms with E-state index in [0.717, 1.165) is 67.8 Å². The normalized spacial score (nSPS) is 18.5. The molecular weight excluding hydrogens is 438 g/mol. The van der Waals surface area contributed by atoms with E-state index in [1.54, 1.807) is 24.6 Å². The minimum Gasteiger partial charge on any atom is -0.461 e. The Morgan fingerprint density at radius 3 is 2.76 bits per heavy atom. The Bertz CT molecular complexity index is 1160. The molecule has 0 saturated carbocycles. The number of rotatable bonds is 7. The van der Waals surface area contributed by atoms with Gasteiger partial charge in [0, 0.05) is 25.7 Å². The van der Waals surface area contributed by atoms with E-state index >= 15 is 0 Å². The molecule has 2 aliphatic heterocycles. The molecule has 33 heavy (non-hydrogen) atoms. The molecule has 0 amide bonds. The number of piperidine rings is 1. The summed E-state index contributed by atoms with van der Waals surface area (Å²) in [5, 5.41) is -0.104. The second-order valence-electron chi connectivity index (χ2n) is 8.43. The maximum absolute atomic E-state index is 11.9. The van der Waals surface area contributed by atoms with Crippen molar-refractivity contribution >= 4 is 34.7 Å². The monoisotopic (exact) mass is 463 g/mol. The zero-order chi connectivity index (χ0) is 22.6. The molecule has 170 valence electrons. The average molecular weight is 464 g/mol. The van der Waals surface area contributed by atoms with E-state index in [-0.39, 0.29) is 17.3 Å². The van der Waals surface area contributed by atoms with Crippen molar-refractivity contribution in [1.29, 1.82) is 0 Å². The molecule has 2 saturated heterocycles. The van der Waals surface area contributed by atoms with Gasteiger partial charge >= 0.3 is 0 Å². The molecule has 0 N–H and O–H groups in total. The highest BCUT2D eigenvalue weighted by Crippen LogP contribution is 2.31. The number of aryl methyl sites for hydroxylation is 1. The van der Waals surface area contributed by atoms with Crippen molar-refractivity contribution in [2.24, 2.45) is 5.92 Å². The Kier molecular flexibility index (Phi) is 6.44. The van der Waals surface area contributed by atoms with Crippen LogP contribution in [0, 0.1) is 5.92 Å². The van der Waals surface area contributed by atoms with Gasteiger partial charge in [-0.05, 0) is 79.8 Å². The number of furan rings is 2. The molecule has 8 heteroatoms. The van der Waals surface area contributed by atoms with Crippen LogP contribution in [0.15, 0.2) is 56.5 Å². The zero-order valence-electron chi connectivity index (χ0n) is 18.2. The summed E-state index contributed by atoms with van der Waals surface area (Å²) < 4.78 is 11.3. The summed E-state index contributed by atoms with van der Waals surface area (Å²) in [5.41, 5.74) is 0.667. The Morgan fingerprint density at radius 2 is 2.00 bits per heavy atom. The third-order valence-corrected chi connectivity index (χ3v) is 7.04. The quantitative estimate of drug-likeness (QED) is 0.351. The molecule has 5 heterocycles. The minimum absolute atomic E-state index is 0.0208. The first-order valence-corrected chi connectivity index (χ1v) is 12.1. The van der Waals surface area contributed by atoms with Gasteiger partial charge < -0.3 is 13.7 Å². The molecule has 3 aromatic heterocycles. The van der Waals surface area contributed by atoms with E-state index in [9.17, 15) is 9.59 Å². The van der Waals surface area contributed by atoms with Gasteiger partial charge in [0.2, 0.25) is 11.1 Å². The van der Waals surface area contributed by atoms with Crippen molar-refractivity contribution in [2.75, 3.05) is 18.0 Å². The molecule has 0 atom stereocenters. The Labute approximate surface area is 196 Å². The summed E-state index contributed by atoms with van der Waals surface area (Å²) >= 11 is 1.00. The Hall–Kier alpha value is -3.13. The maximum Gasteiger partial charge on any atom is 0.225 e. The number of carbonyl (C=O) groups excluding carboxylic acids is 2. The topological polar surface area (TPSA) is 89.4 Å². The highest BCUT2D eigenvalue weighted by Gasteiger charge is 2.26. The van der Waals surface area contributed by atoms with Gasteiger partial charge in [-0.25, -0.2) is 9.97 Å². The number of anilines is 1. The summed E-state index contributed by atoms with van der Waals surface area (Å²) in [6, 6.07) is 9.54. The number of thioether (sulfide) groups is 1. The van der Waals surface area contributed by atoms with Gasteiger partial charge in [-0.2, -0.15) is 0 Å². The summed E-state index contributed by atoms with van der Waals surface area (Å²) in [4.78, 5) is 35.0. The third-order valence-electron chi connectivity index (χ3n) is 6.11. The summed E-state index contributed by atoms with van der Waals surface area (Å²) in [5.74, 6) is 3.79. The minimum atomic E-state index is -0.127. The van der Waals surface area contributed by atoms with Gasteiger partial charge in [-0.3, -0.25) is 9.59 Å². The molecule has 2 fully saturated rings. The lowest BCUT2D eigenvalue weighted by Crippen LogP contribution is -2.35. The van der Waals surface area contributed by atoms with Crippen molar-refractivity contribution in [3.8, 4) is 11.5 Å². The van der Waals surface area contributed by atoms with Gasteiger partial charge in [0.25, 0.3) is 0 Å². The first-order valence-electron chi connectivity index (χ1n) is 11.3. The smallest absolute Gasteiger partial charge is 0.225 e. The number of aromatic nitrogens is 2. The van der Waals surface area contributed by atoms with Crippen LogP contribution >= 0.6 is 11.8 Å². The number of nitrogens with zero attached hydrogens (tertiary/aromatic N) is 3. The SMILES string of the molecule is O=C1CC(=O)/C(=C/c2ccnc(N3CCC(CCCc4ccc(-c5ccco5)o4)CC3)n2)S1. The molecule has 2 aliphatic rings. The standard InChI is InChI=1S/C25H25N3O4S/c29-20-16-24(30)33-23(20)15-18-8-11-26-25(27-18)28-12-9-17(10-13-28)3-1-4-19-6-7-22(32-19)21-5-2-14-31-21/h2,5-8,11,14-15,17H,1,3-4,9-10,12-13,16H2/b23-15-. The van der Waals surface area contributed by atoms with Crippen LogP contribution in [0.25, 0.3) is 17.6 Å². The number of Topliss-reactive ketones (excluding diaryl/α,β-unsaturated/α-hetero) is 1. The van der Waals surface area contributed by atoms with Crippen molar-refractivity contribution < 1.29 is 18.4 Å². The predicted molar refractivity (Wildman–Crippen MR) is 127 cm³/mol. The fourth-order valence-corrected chi connectivity index (χ4v) is 5.14. The first kappa shape index (κ1) is 21.7. The fourth-order valence-electron chi connectivity index (χ4n) is 4.32. The third kappa shape index (κ3) is 5.27. The van der Waals surface area contributed by atoms with Gasteiger partial charge in [0.05, 0.1) is 23.3 Å². The molecule has 0 aromatic carbocycles. The van der Waals surface area contributed by atoms with Gasteiger partial charge in [0.15, 0.2) is 17.3 Å². The van der Waals surface area contributed by atoms with Crippen LogP contribution < -0.4 is 4.90 Å². The van der Waals surface area contributed by atoms with E-state index in [0.29, 0.717) is 22.5 Å². The summed E-state index contributed by atoms with van der Waals surface area (Å²) in [6.07, 6.45) is 10.5. The zero-order valence-corrected chi connectivity index (χ0v) is 19.1. The lowest BCUT2D eigenvalue weighted by molar-refractivity contribution is -0.119. The van der Waals surface area contributed by atoms with Crippen molar-refractivity contribution in [2.45, 2.75) is 38.5 Å². The van der Waals surface area contributed by atoms with E-state index in [1.165, 1.54) is 6.42 Å². The second kappa shape index (κ2) is 9.79. The molecule has 0 radical (unpaired) electrons. The Balaban J connectivity index is 1.10. The van der Waals surface area contributed by atoms with Crippen LogP contribution in [-0.2, 0) is 16.0 Å². The van der Waals surface area contributed by atoms with Crippen molar-refractivity contribution in [1.82, 2.24) is 9.97 Å². The second-order valence-corrected chi connectivity index (χ2v) is 9.53. The van der Waals surface area contributed by atoms with E-state index in [1.807, 2.05) is 24.3 Å². The molecule has 0 spiro atoms. The highest BCUT2D eigenvalue weighted by atomic mass is 32.2. The first-order chi connectivity index (χ1) is 16.1. The molecule has 0 aliphatic carbocycles. The molecule has 5 rings (SSSR count). The van der Waals surface area contributed by atoms with Crippen LogP contribution in [-0.4, -0.2) is 34.0 Å². The number of ketones is 1.